The second kappa shape index (κ2) is 3.99. The van der Waals surface area contributed by atoms with Gasteiger partial charge in [0.25, 0.3) is 0 Å². The molecule has 3 nitrogen and oxygen atoms in total. The van der Waals surface area contributed by atoms with Crippen molar-refractivity contribution in [3.63, 3.8) is 0 Å². The molecule has 1 rings (SSSR count). The van der Waals surface area contributed by atoms with Crippen LogP contribution in [0.2, 0.25) is 0 Å². The van der Waals surface area contributed by atoms with Crippen molar-refractivity contribution in [2.45, 2.75) is 45.6 Å². The van der Waals surface area contributed by atoms with E-state index in [9.17, 15) is 4.79 Å². The van der Waals surface area contributed by atoms with Crippen LogP contribution in [0, 0.1) is 0 Å². The molecule has 1 amide bonds. The highest BCUT2D eigenvalue weighted by molar-refractivity contribution is 5.70. The molecular formula is C10H19NO2. The number of hydrogen-bond donors (Lipinski definition) is 0. The number of nitrogens with zero attached hydrogens (tertiary/aromatic N) is 1. The molecule has 0 spiro atoms. The third-order valence-corrected chi connectivity index (χ3v) is 3.31. The van der Waals surface area contributed by atoms with Crippen LogP contribution in [-0.2, 0) is 4.74 Å². The van der Waals surface area contributed by atoms with E-state index in [0.717, 1.165) is 25.8 Å². The SMILES string of the molecule is CCC(CC)(CC)N1CCOC1=O. The highest BCUT2D eigenvalue weighted by Crippen LogP contribution is 2.30. The maximum absolute atomic E-state index is 11.4. The Morgan fingerprint density at radius 2 is 1.85 bits per heavy atom. The molecule has 3 heteroatoms. The third-order valence-electron chi connectivity index (χ3n) is 3.31. The van der Waals surface area contributed by atoms with Gasteiger partial charge in [-0.2, -0.15) is 0 Å². The van der Waals surface area contributed by atoms with Crippen LogP contribution in [0.3, 0.4) is 0 Å². The summed E-state index contributed by atoms with van der Waals surface area (Å²) in [6.45, 7) is 7.73. The number of ether oxygens (including phenoxy) is 1. The summed E-state index contributed by atoms with van der Waals surface area (Å²) in [7, 11) is 0. The minimum absolute atomic E-state index is 0.0353. The van der Waals surface area contributed by atoms with Crippen LogP contribution in [0.5, 0.6) is 0 Å². The second-order valence-electron chi connectivity index (χ2n) is 3.55. The van der Waals surface area contributed by atoms with Crippen molar-refractivity contribution in [2.24, 2.45) is 0 Å². The van der Waals surface area contributed by atoms with Gasteiger partial charge in [-0.3, -0.25) is 4.90 Å². The number of rotatable bonds is 4. The Labute approximate surface area is 80.1 Å². The number of carbonyl (C=O) groups excluding carboxylic acids is 1. The molecule has 0 aromatic rings. The van der Waals surface area contributed by atoms with Crippen LogP contribution in [-0.4, -0.2) is 29.7 Å². The molecule has 0 N–H and O–H groups in total. The molecule has 1 saturated heterocycles. The lowest BCUT2D eigenvalue weighted by molar-refractivity contribution is 0.101. The molecule has 0 bridgehead atoms. The lowest BCUT2D eigenvalue weighted by Crippen LogP contribution is -2.48. The normalized spacial score (nSPS) is 17.8. The van der Waals surface area contributed by atoms with E-state index in [-0.39, 0.29) is 11.6 Å². The Kier molecular flexibility index (Phi) is 3.17. The fourth-order valence-electron chi connectivity index (χ4n) is 2.15. The molecule has 1 aliphatic heterocycles. The summed E-state index contributed by atoms with van der Waals surface area (Å²) in [6, 6.07) is 0. The molecule has 0 unspecified atom stereocenters. The van der Waals surface area contributed by atoms with E-state index in [0.29, 0.717) is 6.61 Å². The van der Waals surface area contributed by atoms with E-state index in [2.05, 4.69) is 20.8 Å². The maximum Gasteiger partial charge on any atom is 0.410 e. The van der Waals surface area contributed by atoms with Crippen LogP contribution >= 0.6 is 0 Å². The van der Waals surface area contributed by atoms with E-state index >= 15 is 0 Å². The number of amides is 1. The molecule has 76 valence electrons. The molecule has 0 radical (unpaired) electrons. The summed E-state index contributed by atoms with van der Waals surface area (Å²) in [5, 5.41) is 0. The van der Waals surface area contributed by atoms with Crippen LogP contribution in [0.4, 0.5) is 4.79 Å². The molecule has 0 atom stereocenters. The van der Waals surface area contributed by atoms with Crippen LogP contribution < -0.4 is 0 Å². The summed E-state index contributed by atoms with van der Waals surface area (Å²) < 4.78 is 4.96. The predicted octanol–water partition coefficient (Wildman–Crippen LogP) is 2.41. The Morgan fingerprint density at radius 1 is 1.31 bits per heavy atom. The molecule has 0 saturated carbocycles. The highest BCUT2D eigenvalue weighted by atomic mass is 16.6. The fourth-order valence-corrected chi connectivity index (χ4v) is 2.15. The summed E-state index contributed by atoms with van der Waals surface area (Å²) in [6.07, 6.45) is 2.89. The molecule has 0 aliphatic carbocycles. The van der Waals surface area contributed by atoms with Crippen molar-refractivity contribution in [2.75, 3.05) is 13.2 Å². The smallest absolute Gasteiger partial charge is 0.410 e. The Morgan fingerprint density at radius 3 is 2.15 bits per heavy atom. The van der Waals surface area contributed by atoms with Gasteiger partial charge in [-0.15, -0.1) is 0 Å². The van der Waals surface area contributed by atoms with Gasteiger partial charge in [-0.05, 0) is 19.3 Å². The lowest BCUT2D eigenvalue weighted by atomic mass is 9.88. The van der Waals surface area contributed by atoms with Gasteiger partial charge >= 0.3 is 6.09 Å². The van der Waals surface area contributed by atoms with Gasteiger partial charge in [-0.1, -0.05) is 20.8 Å². The zero-order chi connectivity index (χ0) is 9.90. The summed E-state index contributed by atoms with van der Waals surface area (Å²) >= 11 is 0. The van der Waals surface area contributed by atoms with Crippen LogP contribution in [0.1, 0.15) is 40.0 Å². The standard InChI is InChI=1S/C10H19NO2/c1-4-10(5-2,6-3)11-7-8-13-9(11)12/h4-8H2,1-3H3. The number of carbonyl (C=O) groups is 1. The van der Waals surface area contributed by atoms with Crippen LogP contribution in [0.15, 0.2) is 0 Å². The first kappa shape index (κ1) is 10.4. The maximum atomic E-state index is 11.4. The van der Waals surface area contributed by atoms with Gasteiger partial charge in [0.1, 0.15) is 6.61 Å². The van der Waals surface area contributed by atoms with Gasteiger partial charge in [0.05, 0.1) is 6.54 Å². The van der Waals surface area contributed by atoms with E-state index < -0.39 is 0 Å². The average Bonchev–Trinajstić information content (AvgIpc) is 2.57. The Bertz CT molecular complexity index is 179. The monoisotopic (exact) mass is 185 g/mol. The van der Waals surface area contributed by atoms with Gasteiger partial charge in [0.2, 0.25) is 0 Å². The Hall–Kier alpha value is -0.730. The average molecular weight is 185 g/mol. The van der Waals surface area contributed by atoms with Crippen molar-refractivity contribution in [1.82, 2.24) is 4.90 Å². The largest absolute Gasteiger partial charge is 0.448 e. The van der Waals surface area contributed by atoms with E-state index in [1.807, 2.05) is 4.90 Å². The summed E-state index contributed by atoms with van der Waals surface area (Å²) in [5.41, 5.74) is 0.0353. The minimum atomic E-state index is -0.134. The highest BCUT2D eigenvalue weighted by Gasteiger charge is 2.38. The van der Waals surface area contributed by atoms with Crippen molar-refractivity contribution >= 4 is 6.09 Å². The van der Waals surface area contributed by atoms with Crippen molar-refractivity contribution < 1.29 is 9.53 Å². The van der Waals surface area contributed by atoms with Gasteiger partial charge in [0, 0.05) is 5.54 Å². The van der Waals surface area contributed by atoms with Crippen molar-refractivity contribution in [3.8, 4) is 0 Å². The third kappa shape index (κ3) is 1.64. The molecule has 13 heavy (non-hydrogen) atoms. The van der Waals surface area contributed by atoms with Gasteiger partial charge in [0.15, 0.2) is 0 Å². The first-order valence-corrected chi connectivity index (χ1v) is 5.14. The molecule has 1 fully saturated rings. The predicted molar refractivity (Wildman–Crippen MR) is 51.7 cm³/mol. The quantitative estimate of drug-likeness (QED) is 0.673. The topological polar surface area (TPSA) is 29.5 Å². The Balaban J connectivity index is 2.79. The minimum Gasteiger partial charge on any atom is -0.448 e. The zero-order valence-corrected chi connectivity index (χ0v) is 8.80. The fraction of sp³-hybridized carbons (Fsp3) is 0.900. The van der Waals surface area contributed by atoms with E-state index in [4.69, 9.17) is 4.74 Å². The van der Waals surface area contributed by atoms with E-state index in [1.165, 1.54) is 0 Å². The molecule has 0 aromatic carbocycles. The van der Waals surface area contributed by atoms with Gasteiger partial charge in [-0.25, -0.2) is 4.79 Å². The molecule has 0 aromatic heterocycles. The summed E-state index contributed by atoms with van der Waals surface area (Å²) in [5.74, 6) is 0. The van der Waals surface area contributed by atoms with Crippen LogP contribution in [0.25, 0.3) is 0 Å². The summed E-state index contributed by atoms with van der Waals surface area (Å²) in [4.78, 5) is 13.3. The first-order chi connectivity index (χ1) is 6.20. The zero-order valence-electron chi connectivity index (χ0n) is 8.80. The molecule has 1 aliphatic rings. The van der Waals surface area contributed by atoms with E-state index in [1.54, 1.807) is 0 Å². The number of cyclic esters (lactones) is 1. The lowest BCUT2D eigenvalue weighted by Gasteiger charge is -2.38. The molecule has 1 heterocycles. The first-order valence-electron chi connectivity index (χ1n) is 5.14. The second-order valence-corrected chi connectivity index (χ2v) is 3.55. The number of hydrogen-bond acceptors (Lipinski definition) is 2. The molecular weight excluding hydrogens is 166 g/mol. The van der Waals surface area contributed by atoms with Gasteiger partial charge < -0.3 is 4.74 Å². The van der Waals surface area contributed by atoms with Crippen molar-refractivity contribution in [1.29, 1.82) is 0 Å². The van der Waals surface area contributed by atoms with Crippen molar-refractivity contribution in [3.05, 3.63) is 0 Å².